The van der Waals surface area contributed by atoms with Gasteiger partial charge in [0.25, 0.3) is 0 Å². The topological polar surface area (TPSA) is 87.0 Å². The highest BCUT2D eigenvalue weighted by atomic mass is 31.2. The Morgan fingerprint density at radius 2 is 0.871 bits per heavy atom. The second-order valence-electron chi connectivity index (χ2n) is 7.11. The SMILES string of the molecule is O=P(O)(O)OC(O)(c1ccc(-c2ccccc2)cc1)c1ccc(-c2ccccc2)cc1. The summed E-state index contributed by atoms with van der Waals surface area (Å²) in [6.07, 6.45) is 0. The molecule has 0 aromatic heterocycles. The number of hydrogen-bond acceptors (Lipinski definition) is 3. The molecule has 4 aromatic rings. The molecule has 0 saturated carbocycles. The molecule has 156 valence electrons. The second-order valence-corrected chi connectivity index (χ2v) is 8.28. The summed E-state index contributed by atoms with van der Waals surface area (Å²) in [7, 11) is -5.01. The first-order valence-corrected chi connectivity index (χ1v) is 11.2. The minimum atomic E-state index is -5.01. The van der Waals surface area contributed by atoms with Crippen LogP contribution in [0.25, 0.3) is 22.3 Å². The molecule has 0 atom stereocenters. The predicted molar refractivity (Wildman–Crippen MR) is 120 cm³/mol. The molecular weight excluding hydrogens is 411 g/mol. The van der Waals surface area contributed by atoms with E-state index in [4.69, 9.17) is 4.52 Å². The molecule has 4 aromatic carbocycles. The van der Waals surface area contributed by atoms with E-state index in [1.54, 1.807) is 48.5 Å². The van der Waals surface area contributed by atoms with Gasteiger partial charge in [0.15, 0.2) is 0 Å². The van der Waals surface area contributed by atoms with Crippen LogP contribution in [0.2, 0.25) is 0 Å². The largest absolute Gasteiger partial charge is 0.472 e. The van der Waals surface area contributed by atoms with Crippen molar-refractivity contribution in [3.63, 3.8) is 0 Å². The van der Waals surface area contributed by atoms with Crippen LogP contribution >= 0.6 is 7.82 Å². The first-order chi connectivity index (χ1) is 14.9. The molecule has 31 heavy (non-hydrogen) atoms. The van der Waals surface area contributed by atoms with Gasteiger partial charge in [-0.3, -0.25) is 0 Å². The van der Waals surface area contributed by atoms with Gasteiger partial charge >= 0.3 is 7.82 Å². The van der Waals surface area contributed by atoms with Gasteiger partial charge in [0.1, 0.15) is 0 Å². The zero-order chi connectivity index (χ0) is 21.9. The molecule has 0 heterocycles. The van der Waals surface area contributed by atoms with Crippen LogP contribution in [0.5, 0.6) is 0 Å². The van der Waals surface area contributed by atoms with Crippen LogP contribution in [-0.4, -0.2) is 14.9 Å². The van der Waals surface area contributed by atoms with Crippen LogP contribution in [0.4, 0.5) is 0 Å². The summed E-state index contributed by atoms with van der Waals surface area (Å²) in [5.41, 5.74) is 4.21. The fourth-order valence-electron chi connectivity index (χ4n) is 3.48. The Balaban J connectivity index is 1.72. The molecule has 0 unspecified atom stereocenters. The Labute approximate surface area is 180 Å². The summed E-state index contributed by atoms with van der Waals surface area (Å²) in [4.78, 5) is 18.9. The fourth-order valence-corrected chi connectivity index (χ4v) is 4.04. The van der Waals surface area contributed by atoms with Gasteiger partial charge in [-0.15, -0.1) is 0 Å². The summed E-state index contributed by atoms with van der Waals surface area (Å²) in [5.74, 6) is -2.32. The third-order valence-corrected chi connectivity index (χ3v) is 5.52. The van der Waals surface area contributed by atoms with E-state index in [0.29, 0.717) is 0 Å². The minimum Gasteiger partial charge on any atom is -0.358 e. The van der Waals surface area contributed by atoms with Gasteiger partial charge in [-0.05, 0) is 22.3 Å². The number of aliphatic hydroxyl groups is 1. The van der Waals surface area contributed by atoms with E-state index in [1.807, 2.05) is 60.7 Å². The van der Waals surface area contributed by atoms with E-state index in [2.05, 4.69) is 0 Å². The van der Waals surface area contributed by atoms with Gasteiger partial charge < -0.3 is 14.9 Å². The van der Waals surface area contributed by atoms with E-state index in [-0.39, 0.29) is 11.1 Å². The number of phosphoric ester groups is 1. The van der Waals surface area contributed by atoms with Crippen LogP contribution in [-0.2, 0) is 14.9 Å². The number of benzene rings is 4. The zero-order valence-electron chi connectivity index (χ0n) is 16.5. The van der Waals surface area contributed by atoms with Gasteiger partial charge in [-0.2, -0.15) is 0 Å². The molecule has 0 bridgehead atoms. The first-order valence-electron chi connectivity index (χ1n) is 9.66. The lowest BCUT2D eigenvalue weighted by molar-refractivity contribution is -0.122. The van der Waals surface area contributed by atoms with Crippen molar-refractivity contribution in [2.75, 3.05) is 0 Å². The molecule has 0 amide bonds. The van der Waals surface area contributed by atoms with E-state index in [1.165, 1.54) is 0 Å². The van der Waals surface area contributed by atoms with E-state index in [0.717, 1.165) is 22.3 Å². The van der Waals surface area contributed by atoms with Gasteiger partial charge in [-0.1, -0.05) is 109 Å². The molecular formula is C25H21O5P. The van der Waals surface area contributed by atoms with Crippen molar-refractivity contribution in [3.8, 4) is 22.3 Å². The first kappa shape index (κ1) is 21.2. The standard InChI is InChI=1S/C25H21O5P/c26-25(30-31(27,28)29,23-15-11-21(12-16-23)19-7-3-1-4-8-19)24-17-13-22(14-18-24)20-9-5-2-6-10-20/h1-18,26H,(H2,27,28,29). The van der Waals surface area contributed by atoms with Crippen molar-refractivity contribution in [1.29, 1.82) is 0 Å². The molecule has 0 aliphatic heterocycles. The normalized spacial score (nSPS) is 12.0. The molecule has 3 N–H and O–H groups in total. The Hall–Kier alpha value is -3.05. The second kappa shape index (κ2) is 8.60. The maximum atomic E-state index is 11.7. The number of phosphoric acid groups is 1. The summed E-state index contributed by atoms with van der Waals surface area (Å²) in [6.45, 7) is 0. The lowest BCUT2D eigenvalue weighted by atomic mass is 9.94. The maximum absolute atomic E-state index is 11.7. The average Bonchev–Trinajstić information content (AvgIpc) is 2.79. The summed E-state index contributed by atoms with van der Waals surface area (Å²) < 4.78 is 16.6. The fraction of sp³-hybridized carbons (Fsp3) is 0.0400. The highest BCUT2D eigenvalue weighted by Gasteiger charge is 2.39. The smallest absolute Gasteiger partial charge is 0.358 e. The molecule has 0 spiro atoms. The highest BCUT2D eigenvalue weighted by Crippen LogP contribution is 2.47. The van der Waals surface area contributed by atoms with Crippen molar-refractivity contribution in [3.05, 3.63) is 120 Å². The summed E-state index contributed by atoms with van der Waals surface area (Å²) in [6, 6.07) is 32.8. The minimum absolute atomic E-state index is 0.211. The molecule has 4 rings (SSSR count). The van der Waals surface area contributed by atoms with E-state index in [9.17, 15) is 19.5 Å². The average molecular weight is 432 g/mol. The third-order valence-electron chi connectivity index (χ3n) is 5.02. The van der Waals surface area contributed by atoms with Crippen LogP contribution < -0.4 is 0 Å². The van der Waals surface area contributed by atoms with E-state index >= 15 is 0 Å². The zero-order valence-corrected chi connectivity index (χ0v) is 17.4. The predicted octanol–water partition coefficient (Wildman–Crippen LogP) is 5.32. The summed E-state index contributed by atoms with van der Waals surface area (Å²) in [5, 5.41) is 11.3. The van der Waals surface area contributed by atoms with Crippen molar-refractivity contribution in [2.45, 2.75) is 5.79 Å². The molecule has 0 aliphatic carbocycles. The molecule has 5 nitrogen and oxygen atoms in total. The molecule has 0 radical (unpaired) electrons. The van der Waals surface area contributed by atoms with Crippen molar-refractivity contribution in [1.82, 2.24) is 0 Å². The van der Waals surface area contributed by atoms with Crippen LogP contribution in [0, 0.1) is 0 Å². The van der Waals surface area contributed by atoms with Gasteiger partial charge in [0.05, 0.1) is 0 Å². The van der Waals surface area contributed by atoms with Crippen LogP contribution in [0.15, 0.2) is 109 Å². The summed E-state index contributed by atoms with van der Waals surface area (Å²) >= 11 is 0. The maximum Gasteiger partial charge on any atom is 0.472 e. The van der Waals surface area contributed by atoms with Gasteiger partial charge in [0.2, 0.25) is 5.79 Å². The molecule has 0 aliphatic rings. The monoisotopic (exact) mass is 432 g/mol. The molecule has 6 heteroatoms. The van der Waals surface area contributed by atoms with Gasteiger partial charge in [0, 0.05) is 11.1 Å². The van der Waals surface area contributed by atoms with Crippen LogP contribution in [0.3, 0.4) is 0 Å². The Morgan fingerprint density at radius 3 is 1.19 bits per heavy atom. The van der Waals surface area contributed by atoms with Crippen molar-refractivity contribution >= 4 is 7.82 Å². The third kappa shape index (κ3) is 4.83. The van der Waals surface area contributed by atoms with E-state index < -0.39 is 13.6 Å². The highest BCUT2D eigenvalue weighted by molar-refractivity contribution is 7.46. The Kier molecular flexibility index (Phi) is 5.88. The van der Waals surface area contributed by atoms with Crippen molar-refractivity contribution < 1.29 is 24.0 Å². The lowest BCUT2D eigenvalue weighted by Gasteiger charge is -2.29. The number of rotatable bonds is 6. The Morgan fingerprint density at radius 1 is 0.548 bits per heavy atom. The van der Waals surface area contributed by atoms with Gasteiger partial charge in [-0.25, -0.2) is 9.09 Å². The van der Waals surface area contributed by atoms with Crippen LogP contribution in [0.1, 0.15) is 11.1 Å². The van der Waals surface area contributed by atoms with Crippen molar-refractivity contribution in [2.24, 2.45) is 0 Å². The number of hydrogen-bond donors (Lipinski definition) is 3. The molecule has 0 saturated heterocycles. The Bertz CT molecular complexity index is 1100. The quantitative estimate of drug-likeness (QED) is 0.283. The molecule has 0 fully saturated rings. The lowest BCUT2D eigenvalue weighted by Crippen LogP contribution is -2.29.